The van der Waals surface area contributed by atoms with Crippen LogP contribution < -0.4 is 4.74 Å². The SMILES string of the molecule is Cc1ccc(OCCC(=O)N2CCC(CC(=O)O)C2)cc1. The summed E-state index contributed by atoms with van der Waals surface area (Å²) >= 11 is 0. The Morgan fingerprint density at radius 2 is 2.05 bits per heavy atom. The number of carboxylic acids is 1. The zero-order chi connectivity index (χ0) is 15.2. The monoisotopic (exact) mass is 291 g/mol. The summed E-state index contributed by atoms with van der Waals surface area (Å²) in [5.74, 6) is 0.0926. The van der Waals surface area contributed by atoms with Crippen LogP contribution in [-0.2, 0) is 9.59 Å². The number of ether oxygens (including phenoxy) is 1. The highest BCUT2D eigenvalue weighted by molar-refractivity contribution is 5.76. The van der Waals surface area contributed by atoms with Crippen molar-refractivity contribution in [2.45, 2.75) is 26.2 Å². The number of aryl methyl sites for hydroxylation is 1. The Hall–Kier alpha value is -2.04. The highest BCUT2D eigenvalue weighted by atomic mass is 16.5. The van der Waals surface area contributed by atoms with Crippen molar-refractivity contribution in [3.8, 4) is 5.75 Å². The van der Waals surface area contributed by atoms with Crippen molar-refractivity contribution in [2.75, 3.05) is 19.7 Å². The number of amides is 1. The molecule has 114 valence electrons. The molecule has 2 rings (SSSR count). The van der Waals surface area contributed by atoms with Gasteiger partial charge in [-0.3, -0.25) is 9.59 Å². The predicted octanol–water partition coefficient (Wildman–Crippen LogP) is 2.09. The van der Waals surface area contributed by atoms with Crippen molar-refractivity contribution in [3.63, 3.8) is 0 Å². The van der Waals surface area contributed by atoms with Gasteiger partial charge in [0.15, 0.2) is 0 Å². The number of benzene rings is 1. The van der Waals surface area contributed by atoms with Crippen LogP contribution in [0.5, 0.6) is 5.75 Å². The van der Waals surface area contributed by atoms with Gasteiger partial charge in [-0.2, -0.15) is 0 Å². The van der Waals surface area contributed by atoms with Crippen molar-refractivity contribution in [3.05, 3.63) is 29.8 Å². The summed E-state index contributed by atoms with van der Waals surface area (Å²) in [7, 11) is 0. The Morgan fingerprint density at radius 3 is 2.71 bits per heavy atom. The molecule has 1 aliphatic rings. The smallest absolute Gasteiger partial charge is 0.303 e. The molecule has 21 heavy (non-hydrogen) atoms. The second-order valence-corrected chi connectivity index (χ2v) is 5.50. The van der Waals surface area contributed by atoms with E-state index in [1.54, 1.807) is 4.90 Å². The van der Waals surface area contributed by atoms with E-state index in [-0.39, 0.29) is 18.2 Å². The van der Waals surface area contributed by atoms with Gasteiger partial charge in [0.2, 0.25) is 5.91 Å². The molecular formula is C16H21NO4. The third-order valence-corrected chi connectivity index (χ3v) is 3.71. The van der Waals surface area contributed by atoms with Crippen LogP contribution in [-0.4, -0.2) is 41.6 Å². The molecule has 1 aliphatic heterocycles. The highest BCUT2D eigenvalue weighted by Crippen LogP contribution is 2.20. The first-order chi connectivity index (χ1) is 10.0. The van der Waals surface area contributed by atoms with Gasteiger partial charge in [-0.05, 0) is 31.4 Å². The van der Waals surface area contributed by atoms with E-state index >= 15 is 0 Å². The van der Waals surface area contributed by atoms with Crippen LogP contribution in [0.4, 0.5) is 0 Å². The fourth-order valence-electron chi connectivity index (χ4n) is 2.52. The summed E-state index contributed by atoms with van der Waals surface area (Å²) in [6.45, 7) is 3.56. The minimum atomic E-state index is -0.794. The van der Waals surface area contributed by atoms with Gasteiger partial charge in [0, 0.05) is 19.5 Å². The molecule has 1 aromatic rings. The largest absolute Gasteiger partial charge is 0.493 e. The number of nitrogens with zero attached hydrogens (tertiary/aromatic N) is 1. The van der Waals surface area contributed by atoms with Crippen LogP contribution in [0, 0.1) is 12.8 Å². The first-order valence-electron chi connectivity index (χ1n) is 7.23. The topological polar surface area (TPSA) is 66.8 Å². The number of carbonyl (C=O) groups is 2. The van der Waals surface area contributed by atoms with Crippen LogP contribution >= 0.6 is 0 Å². The lowest BCUT2D eigenvalue weighted by Crippen LogP contribution is -2.30. The van der Waals surface area contributed by atoms with Crippen molar-refractivity contribution in [1.82, 2.24) is 4.90 Å². The molecule has 1 atom stereocenters. The second-order valence-electron chi connectivity index (χ2n) is 5.50. The summed E-state index contributed by atoms with van der Waals surface area (Å²) in [5.41, 5.74) is 1.17. The number of carbonyl (C=O) groups excluding carboxylic acids is 1. The summed E-state index contributed by atoms with van der Waals surface area (Å²) < 4.78 is 5.54. The van der Waals surface area contributed by atoms with Gasteiger partial charge in [-0.15, -0.1) is 0 Å². The molecule has 1 unspecified atom stereocenters. The Balaban J connectivity index is 1.70. The maximum atomic E-state index is 12.0. The molecule has 1 saturated heterocycles. The lowest BCUT2D eigenvalue weighted by molar-refractivity contribution is -0.138. The molecule has 0 aromatic heterocycles. The first-order valence-corrected chi connectivity index (χ1v) is 7.23. The minimum absolute atomic E-state index is 0.0370. The molecule has 1 N–H and O–H groups in total. The molecule has 5 nitrogen and oxygen atoms in total. The van der Waals surface area contributed by atoms with Crippen LogP contribution in [0.2, 0.25) is 0 Å². The summed E-state index contributed by atoms with van der Waals surface area (Å²) in [4.78, 5) is 24.4. The molecule has 0 radical (unpaired) electrons. The normalized spacial score (nSPS) is 17.8. The van der Waals surface area contributed by atoms with Gasteiger partial charge in [-0.1, -0.05) is 17.7 Å². The fourth-order valence-corrected chi connectivity index (χ4v) is 2.52. The van der Waals surface area contributed by atoms with Crippen molar-refractivity contribution in [2.24, 2.45) is 5.92 Å². The average molecular weight is 291 g/mol. The van der Waals surface area contributed by atoms with E-state index < -0.39 is 5.97 Å². The van der Waals surface area contributed by atoms with Gasteiger partial charge in [0.25, 0.3) is 0 Å². The Bertz CT molecular complexity index is 498. The zero-order valence-electron chi connectivity index (χ0n) is 12.2. The first kappa shape index (κ1) is 15.4. The second kappa shape index (κ2) is 7.11. The molecule has 1 amide bonds. The lowest BCUT2D eigenvalue weighted by Gasteiger charge is -2.16. The van der Waals surface area contributed by atoms with Crippen LogP contribution in [0.3, 0.4) is 0 Å². The fraction of sp³-hybridized carbons (Fsp3) is 0.500. The molecule has 0 saturated carbocycles. The standard InChI is InChI=1S/C16H21NO4/c1-12-2-4-14(5-3-12)21-9-7-15(18)17-8-6-13(11-17)10-16(19)20/h2-5,13H,6-11H2,1H3,(H,19,20). The molecule has 1 fully saturated rings. The van der Waals surface area contributed by atoms with E-state index in [2.05, 4.69) is 0 Å². The Kier molecular flexibility index (Phi) is 5.20. The third kappa shape index (κ3) is 4.77. The van der Waals surface area contributed by atoms with E-state index in [1.807, 2.05) is 31.2 Å². The Morgan fingerprint density at radius 1 is 1.33 bits per heavy atom. The van der Waals surface area contributed by atoms with E-state index in [9.17, 15) is 9.59 Å². The quantitative estimate of drug-likeness (QED) is 0.871. The molecular weight excluding hydrogens is 270 g/mol. The van der Waals surface area contributed by atoms with Crippen molar-refractivity contribution < 1.29 is 19.4 Å². The van der Waals surface area contributed by atoms with Gasteiger partial charge >= 0.3 is 5.97 Å². The lowest BCUT2D eigenvalue weighted by atomic mass is 10.1. The Labute approximate surface area is 124 Å². The van der Waals surface area contributed by atoms with Crippen molar-refractivity contribution >= 4 is 11.9 Å². The predicted molar refractivity (Wildman–Crippen MR) is 78.2 cm³/mol. The van der Waals surface area contributed by atoms with Gasteiger partial charge in [0.1, 0.15) is 5.75 Å². The third-order valence-electron chi connectivity index (χ3n) is 3.71. The van der Waals surface area contributed by atoms with Gasteiger partial charge < -0.3 is 14.7 Å². The maximum Gasteiger partial charge on any atom is 0.303 e. The summed E-state index contributed by atoms with van der Waals surface area (Å²) in [6.07, 6.45) is 1.24. The van der Waals surface area contributed by atoms with Gasteiger partial charge in [0.05, 0.1) is 13.0 Å². The molecule has 0 aliphatic carbocycles. The maximum absolute atomic E-state index is 12.0. The minimum Gasteiger partial charge on any atom is -0.493 e. The number of rotatable bonds is 6. The van der Waals surface area contributed by atoms with E-state index in [1.165, 1.54) is 5.56 Å². The van der Waals surface area contributed by atoms with E-state index in [0.717, 1.165) is 12.2 Å². The summed E-state index contributed by atoms with van der Waals surface area (Å²) in [6, 6.07) is 7.71. The summed E-state index contributed by atoms with van der Waals surface area (Å²) in [5, 5.41) is 8.76. The number of likely N-dealkylation sites (tertiary alicyclic amines) is 1. The van der Waals surface area contributed by atoms with E-state index in [0.29, 0.717) is 26.1 Å². The van der Waals surface area contributed by atoms with Crippen molar-refractivity contribution in [1.29, 1.82) is 0 Å². The van der Waals surface area contributed by atoms with Crippen LogP contribution in [0.1, 0.15) is 24.8 Å². The zero-order valence-corrected chi connectivity index (χ0v) is 12.2. The molecule has 0 bridgehead atoms. The average Bonchev–Trinajstić information content (AvgIpc) is 2.88. The highest BCUT2D eigenvalue weighted by Gasteiger charge is 2.27. The molecule has 1 heterocycles. The number of hydrogen-bond donors (Lipinski definition) is 1. The van der Waals surface area contributed by atoms with Crippen LogP contribution in [0.15, 0.2) is 24.3 Å². The number of carboxylic acid groups (broad SMARTS) is 1. The number of hydrogen-bond acceptors (Lipinski definition) is 3. The number of aliphatic carboxylic acids is 1. The van der Waals surface area contributed by atoms with Gasteiger partial charge in [-0.25, -0.2) is 0 Å². The van der Waals surface area contributed by atoms with E-state index in [4.69, 9.17) is 9.84 Å². The molecule has 5 heteroatoms. The molecule has 0 spiro atoms. The molecule has 1 aromatic carbocycles. The van der Waals surface area contributed by atoms with Crippen LogP contribution in [0.25, 0.3) is 0 Å².